The number of ether oxygens (including phenoxy) is 4. The van der Waals surface area contributed by atoms with Gasteiger partial charge in [-0.3, -0.25) is 14.9 Å². The summed E-state index contributed by atoms with van der Waals surface area (Å²) >= 11 is 0. The number of hydrogen-bond acceptors (Lipinski definition) is 10. The Balaban J connectivity index is 1.76. The lowest BCUT2D eigenvalue weighted by Crippen LogP contribution is -2.63. The van der Waals surface area contributed by atoms with Crippen molar-refractivity contribution < 1.29 is 43.9 Å². The Morgan fingerprint density at radius 2 is 1.47 bits per heavy atom. The quantitative estimate of drug-likeness (QED) is 0.301. The van der Waals surface area contributed by atoms with Gasteiger partial charge in [-0.05, 0) is 12.1 Å². The number of hydrogen-bond donors (Lipinski definition) is 4. The molecule has 0 saturated carbocycles. The average molecular weight is 475 g/mol. The lowest BCUT2D eigenvalue weighted by molar-refractivity contribution is -0.251. The third-order valence-electron chi connectivity index (χ3n) is 5.24. The molecule has 184 valence electrons. The fourth-order valence-electron chi connectivity index (χ4n) is 3.62. The van der Waals surface area contributed by atoms with E-state index in [4.69, 9.17) is 18.9 Å². The highest BCUT2D eigenvalue weighted by Crippen LogP contribution is 2.27. The molecule has 5 atom stereocenters. The van der Waals surface area contributed by atoms with Crippen LogP contribution in [0.1, 0.15) is 25.0 Å². The molecule has 4 N–H and O–H groups in total. The van der Waals surface area contributed by atoms with E-state index < -0.39 is 49.2 Å². The minimum absolute atomic E-state index is 0.0483. The maximum Gasteiger partial charge on any atom is 0.308 e. The van der Waals surface area contributed by atoms with E-state index in [-0.39, 0.29) is 13.2 Å². The number of benzene rings is 2. The van der Waals surface area contributed by atoms with Gasteiger partial charge in [0.05, 0.1) is 13.2 Å². The molecular weight excluding hydrogens is 446 g/mol. The monoisotopic (exact) mass is 475 g/mol. The summed E-state index contributed by atoms with van der Waals surface area (Å²) in [6, 6.07) is 13.7. The molecule has 2 aromatic rings. The van der Waals surface area contributed by atoms with Crippen LogP contribution in [0.5, 0.6) is 11.5 Å². The van der Waals surface area contributed by atoms with Crippen molar-refractivity contribution in [1.29, 1.82) is 0 Å². The summed E-state index contributed by atoms with van der Waals surface area (Å²) in [4.78, 5) is 22.8. The summed E-state index contributed by atoms with van der Waals surface area (Å²) in [5, 5.41) is 33.7. The average Bonchev–Trinajstić information content (AvgIpc) is 2.80. The van der Waals surface area contributed by atoms with E-state index in [1.54, 1.807) is 48.5 Å². The molecule has 0 aliphatic carbocycles. The Morgan fingerprint density at radius 3 is 2.06 bits per heavy atom. The van der Waals surface area contributed by atoms with Crippen LogP contribution in [-0.2, 0) is 32.2 Å². The molecule has 0 bridgehead atoms. The predicted molar refractivity (Wildman–Crippen MR) is 119 cm³/mol. The van der Waals surface area contributed by atoms with Crippen molar-refractivity contribution in [2.45, 2.75) is 57.6 Å². The van der Waals surface area contributed by atoms with Crippen molar-refractivity contribution in [2.24, 2.45) is 0 Å². The second kappa shape index (κ2) is 12.0. The van der Waals surface area contributed by atoms with Crippen molar-refractivity contribution in [3.05, 3.63) is 59.7 Å². The van der Waals surface area contributed by atoms with Gasteiger partial charge in [-0.1, -0.05) is 36.4 Å². The molecule has 1 saturated heterocycles. The summed E-state index contributed by atoms with van der Waals surface area (Å²) in [5.41, 5.74) is 1.21. The lowest BCUT2D eigenvalue weighted by atomic mass is 9.98. The number of carbonyl (C=O) groups excluding carboxylic acids is 2. The summed E-state index contributed by atoms with van der Waals surface area (Å²) in [5.74, 6) is -0.270. The molecule has 1 aliphatic rings. The van der Waals surface area contributed by atoms with Crippen LogP contribution in [0.25, 0.3) is 0 Å². The molecule has 1 heterocycles. The molecule has 3 rings (SSSR count). The molecule has 2 aromatic carbocycles. The van der Waals surface area contributed by atoms with Crippen molar-refractivity contribution >= 4 is 11.9 Å². The Bertz CT molecular complexity index is 982. The van der Waals surface area contributed by atoms with E-state index in [2.05, 4.69) is 5.32 Å². The first-order valence-electron chi connectivity index (χ1n) is 10.8. The molecule has 0 spiro atoms. The fraction of sp³-hybridized carbons (Fsp3) is 0.417. The van der Waals surface area contributed by atoms with E-state index >= 15 is 0 Å². The van der Waals surface area contributed by atoms with Crippen LogP contribution < -0.4 is 14.8 Å². The molecule has 1 unspecified atom stereocenters. The van der Waals surface area contributed by atoms with E-state index in [0.29, 0.717) is 22.6 Å². The second-order valence-electron chi connectivity index (χ2n) is 7.82. The molecule has 1 fully saturated rings. The van der Waals surface area contributed by atoms with Gasteiger partial charge in [-0.15, -0.1) is 0 Å². The highest BCUT2D eigenvalue weighted by atomic mass is 16.6. The summed E-state index contributed by atoms with van der Waals surface area (Å²) < 4.78 is 22.1. The first-order chi connectivity index (χ1) is 16.3. The molecule has 10 nitrogen and oxygen atoms in total. The predicted octanol–water partition coefficient (Wildman–Crippen LogP) is 0.651. The van der Waals surface area contributed by atoms with Crippen LogP contribution in [0.2, 0.25) is 0 Å². The Labute approximate surface area is 197 Å². The number of aliphatic hydroxyl groups is 3. The van der Waals surface area contributed by atoms with Crippen LogP contribution in [0.4, 0.5) is 0 Å². The van der Waals surface area contributed by atoms with Gasteiger partial charge in [-0.2, -0.15) is 0 Å². The van der Waals surface area contributed by atoms with E-state index in [1.165, 1.54) is 13.8 Å². The van der Waals surface area contributed by atoms with Crippen LogP contribution in [0, 0.1) is 0 Å². The van der Waals surface area contributed by atoms with Crippen LogP contribution in [-0.4, -0.2) is 64.5 Å². The molecule has 10 heteroatoms. The summed E-state index contributed by atoms with van der Waals surface area (Å²) in [6.45, 7) is 2.21. The second-order valence-corrected chi connectivity index (χ2v) is 7.82. The minimum atomic E-state index is -1.38. The topological polar surface area (TPSA) is 144 Å². The zero-order valence-electron chi connectivity index (χ0n) is 18.9. The van der Waals surface area contributed by atoms with Gasteiger partial charge in [0.15, 0.2) is 0 Å². The third kappa shape index (κ3) is 6.60. The van der Waals surface area contributed by atoms with Crippen molar-refractivity contribution in [2.75, 3.05) is 6.61 Å². The molecule has 0 radical (unpaired) electrons. The Hall–Kier alpha value is -2.86. The largest absolute Gasteiger partial charge is 0.426 e. The highest BCUT2D eigenvalue weighted by molar-refractivity contribution is 5.70. The number of para-hydroxylation sites is 2. The van der Waals surface area contributed by atoms with E-state index in [0.717, 1.165) is 0 Å². The van der Waals surface area contributed by atoms with E-state index in [9.17, 15) is 24.9 Å². The fourth-order valence-corrected chi connectivity index (χ4v) is 3.62. The SMILES string of the molecule is CC(=O)Oc1ccccc1CNC1O[C@H](CO)[C@H](O)[C@H](O)[C@H]1OCc1ccccc1OC(C)=O. The normalized spacial score (nSPS) is 24.4. The maximum absolute atomic E-state index is 11.4. The van der Waals surface area contributed by atoms with Gasteiger partial charge in [0.1, 0.15) is 42.1 Å². The van der Waals surface area contributed by atoms with Crippen LogP contribution in [0.3, 0.4) is 0 Å². The number of nitrogens with one attached hydrogen (secondary N) is 1. The van der Waals surface area contributed by atoms with Gasteiger partial charge >= 0.3 is 11.9 Å². The molecular formula is C24H29NO9. The van der Waals surface area contributed by atoms with Gasteiger partial charge in [0.2, 0.25) is 0 Å². The van der Waals surface area contributed by atoms with Crippen molar-refractivity contribution in [3.8, 4) is 11.5 Å². The molecule has 34 heavy (non-hydrogen) atoms. The first-order valence-corrected chi connectivity index (χ1v) is 10.8. The third-order valence-corrected chi connectivity index (χ3v) is 5.24. The maximum atomic E-state index is 11.4. The lowest BCUT2D eigenvalue weighted by Gasteiger charge is -2.42. The van der Waals surface area contributed by atoms with Crippen molar-refractivity contribution in [1.82, 2.24) is 5.32 Å². The van der Waals surface area contributed by atoms with Gasteiger partial charge in [0, 0.05) is 31.5 Å². The zero-order valence-corrected chi connectivity index (χ0v) is 18.9. The molecule has 0 amide bonds. The minimum Gasteiger partial charge on any atom is -0.426 e. The number of rotatable bonds is 9. The van der Waals surface area contributed by atoms with Crippen LogP contribution >= 0.6 is 0 Å². The molecule has 0 aromatic heterocycles. The van der Waals surface area contributed by atoms with Crippen molar-refractivity contribution in [3.63, 3.8) is 0 Å². The first kappa shape index (κ1) is 25.8. The van der Waals surface area contributed by atoms with Gasteiger partial charge < -0.3 is 34.3 Å². The number of aliphatic hydroxyl groups excluding tert-OH is 3. The smallest absolute Gasteiger partial charge is 0.308 e. The zero-order chi connectivity index (χ0) is 24.7. The summed E-state index contributed by atoms with van der Waals surface area (Å²) in [6.07, 6.45) is -5.77. The van der Waals surface area contributed by atoms with Crippen LogP contribution in [0.15, 0.2) is 48.5 Å². The van der Waals surface area contributed by atoms with Gasteiger partial charge in [0.25, 0.3) is 0 Å². The number of carbonyl (C=O) groups is 2. The molecule has 1 aliphatic heterocycles. The highest BCUT2D eigenvalue weighted by Gasteiger charge is 2.45. The van der Waals surface area contributed by atoms with E-state index in [1.807, 2.05) is 0 Å². The Kier molecular flexibility index (Phi) is 9.11. The van der Waals surface area contributed by atoms with Gasteiger partial charge in [-0.25, -0.2) is 0 Å². The standard InChI is InChI=1S/C24H29NO9/c1-14(27)32-18-9-5-3-7-16(18)11-25-24-23(22(30)21(29)20(12-26)34-24)31-13-17-8-4-6-10-19(17)33-15(2)28/h3-10,20-26,29-30H,11-13H2,1-2H3/t20-,21+,22+,23-,24?/m1/s1. The summed E-state index contributed by atoms with van der Waals surface area (Å²) in [7, 11) is 0. The number of esters is 2. The Morgan fingerprint density at radius 1 is 0.912 bits per heavy atom.